The molecule has 0 N–H and O–H groups in total. The predicted molar refractivity (Wildman–Crippen MR) is 266 cm³/mol. The van der Waals surface area contributed by atoms with E-state index >= 15 is 0 Å². The molecular weight excluding hydrogens is 769 g/mol. The van der Waals surface area contributed by atoms with E-state index in [-0.39, 0.29) is 31.1 Å². The van der Waals surface area contributed by atoms with Gasteiger partial charge in [0.2, 0.25) is 0 Å². The van der Waals surface area contributed by atoms with Crippen LogP contribution < -0.4 is 0 Å². The molecule has 0 aromatic rings. The Morgan fingerprint density at radius 1 is 0.339 bits per heavy atom. The summed E-state index contributed by atoms with van der Waals surface area (Å²) in [6.45, 7) is 11.4. The van der Waals surface area contributed by atoms with Gasteiger partial charge in [0, 0.05) is 19.3 Å². The third kappa shape index (κ3) is 47.9. The minimum atomic E-state index is -0.762. The van der Waals surface area contributed by atoms with E-state index in [1.807, 2.05) is 0 Å². The number of rotatable bonds is 50. The van der Waals surface area contributed by atoms with Crippen LogP contribution in [0, 0.1) is 11.8 Å². The second-order valence-electron chi connectivity index (χ2n) is 19.9. The topological polar surface area (TPSA) is 78.9 Å². The van der Waals surface area contributed by atoms with Crippen molar-refractivity contribution in [2.75, 3.05) is 13.2 Å². The first-order valence-corrected chi connectivity index (χ1v) is 27.8. The highest BCUT2D eigenvalue weighted by atomic mass is 16.6. The van der Waals surface area contributed by atoms with E-state index in [1.54, 1.807) is 0 Å². The van der Waals surface area contributed by atoms with Gasteiger partial charge in [-0.3, -0.25) is 14.4 Å². The van der Waals surface area contributed by atoms with Crippen LogP contribution in [0.25, 0.3) is 0 Å². The van der Waals surface area contributed by atoms with Crippen LogP contribution in [0.4, 0.5) is 0 Å². The standard InChI is InChI=1S/C56H108O6/c1-6-8-9-10-11-12-21-25-31-36-41-46-54(57)60-49-53(62-56(59)48-43-38-33-28-27-30-35-40-45-52(5)7-2)50-61-55(58)47-42-37-32-26-23-20-18-16-14-13-15-17-19-22-24-29-34-39-44-51(3)4/h51-53H,6-50H2,1-5H3/t52?,53-/m1/s1. The average Bonchev–Trinajstić information content (AvgIpc) is 3.26. The average molecular weight is 877 g/mol. The zero-order valence-electron chi connectivity index (χ0n) is 42.5. The fourth-order valence-electron chi connectivity index (χ4n) is 8.49. The van der Waals surface area contributed by atoms with Gasteiger partial charge < -0.3 is 14.2 Å². The Kier molecular flexibility index (Phi) is 47.6. The summed E-state index contributed by atoms with van der Waals surface area (Å²) in [5, 5.41) is 0. The third-order valence-corrected chi connectivity index (χ3v) is 13.1. The van der Waals surface area contributed by atoms with Crippen LogP contribution in [0.3, 0.4) is 0 Å². The van der Waals surface area contributed by atoms with Crippen molar-refractivity contribution < 1.29 is 28.6 Å². The van der Waals surface area contributed by atoms with Gasteiger partial charge in [0.15, 0.2) is 6.10 Å². The minimum Gasteiger partial charge on any atom is -0.462 e. The lowest BCUT2D eigenvalue weighted by Gasteiger charge is -2.18. The molecule has 0 saturated heterocycles. The molecule has 0 spiro atoms. The number of hydrogen-bond acceptors (Lipinski definition) is 6. The first-order chi connectivity index (χ1) is 30.3. The Bertz CT molecular complexity index is 949. The van der Waals surface area contributed by atoms with E-state index in [1.165, 1.54) is 199 Å². The number of hydrogen-bond donors (Lipinski definition) is 0. The van der Waals surface area contributed by atoms with E-state index in [9.17, 15) is 14.4 Å². The van der Waals surface area contributed by atoms with Crippen molar-refractivity contribution in [3.8, 4) is 0 Å². The van der Waals surface area contributed by atoms with Crippen LogP contribution in [0.5, 0.6) is 0 Å². The summed E-state index contributed by atoms with van der Waals surface area (Å²) < 4.78 is 16.8. The van der Waals surface area contributed by atoms with Gasteiger partial charge in [-0.1, -0.05) is 272 Å². The maximum Gasteiger partial charge on any atom is 0.306 e. The van der Waals surface area contributed by atoms with Crippen molar-refractivity contribution in [2.24, 2.45) is 11.8 Å². The molecule has 0 aromatic carbocycles. The molecule has 0 bridgehead atoms. The molecule has 0 heterocycles. The summed E-state index contributed by atoms with van der Waals surface area (Å²) in [7, 11) is 0. The highest BCUT2D eigenvalue weighted by Gasteiger charge is 2.19. The molecule has 0 rings (SSSR count). The number of unbranched alkanes of at least 4 members (excludes halogenated alkanes) is 34. The zero-order valence-corrected chi connectivity index (χ0v) is 42.5. The molecule has 0 radical (unpaired) electrons. The van der Waals surface area contributed by atoms with E-state index < -0.39 is 6.10 Å². The van der Waals surface area contributed by atoms with Gasteiger partial charge >= 0.3 is 17.9 Å². The van der Waals surface area contributed by atoms with E-state index in [2.05, 4.69) is 34.6 Å². The van der Waals surface area contributed by atoms with Crippen molar-refractivity contribution >= 4 is 17.9 Å². The lowest BCUT2D eigenvalue weighted by atomic mass is 9.99. The molecule has 0 aliphatic rings. The van der Waals surface area contributed by atoms with E-state index in [0.29, 0.717) is 19.3 Å². The maximum atomic E-state index is 12.8. The van der Waals surface area contributed by atoms with Gasteiger partial charge in [0.1, 0.15) is 13.2 Å². The predicted octanol–water partition coefficient (Wildman–Crippen LogP) is 18.1. The van der Waals surface area contributed by atoms with Crippen LogP contribution in [0.2, 0.25) is 0 Å². The molecule has 0 aliphatic carbocycles. The van der Waals surface area contributed by atoms with Gasteiger partial charge in [-0.25, -0.2) is 0 Å². The molecule has 368 valence electrons. The fourth-order valence-corrected chi connectivity index (χ4v) is 8.49. The number of ether oxygens (including phenoxy) is 3. The minimum absolute atomic E-state index is 0.0635. The van der Waals surface area contributed by atoms with Crippen molar-refractivity contribution in [3.05, 3.63) is 0 Å². The number of carbonyl (C=O) groups is 3. The van der Waals surface area contributed by atoms with Crippen LogP contribution in [-0.4, -0.2) is 37.2 Å². The lowest BCUT2D eigenvalue weighted by Crippen LogP contribution is -2.30. The van der Waals surface area contributed by atoms with Gasteiger partial charge in [-0.05, 0) is 31.1 Å². The van der Waals surface area contributed by atoms with Gasteiger partial charge in [-0.2, -0.15) is 0 Å². The summed E-state index contributed by atoms with van der Waals surface area (Å²) in [5.74, 6) is 0.858. The highest BCUT2D eigenvalue weighted by molar-refractivity contribution is 5.71. The molecule has 0 aliphatic heterocycles. The van der Waals surface area contributed by atoms with E-state index in [0.717, 1.165) is 69.6 Å². The monoisotopic (exact) mass is 877 g/mol. The Morgan fingerprint density at radius 2 is 0.613 bits per heavy atom. The number of esters is 3. The highest BCUT2D eigenvalue weighted by Crippen LogP contribution is 2.18. The van der Waals surface area contributed by atoms with Crippen LogP contribution in [-0.2, 0) is 28.6 Å². The largest absolute Gasteiger partial charge is 0.462 e. The Labute approximate surface area is 387 Å². The molecule has 0 amide bonds. The molecule has 0 saturated carbocycles. The maximum absolute atomic E-state index is 12.8. The summed E-state index contributed by atoms with van der Waals surface area (Å²) in [6.07, 6.45) is 50.9. The van der Waals surface area contributed by atoms with Crippen LogP contribution in [0.15, 0.2) is 0 Å². The second-order valence-corrected chi connectivity index (χ2v) is 19.9. The molecule has 62 heavy (non-hydrogen) atoms. The molecule has 6 nitrogen and oxygen atoms in total. The second kappa shape index (κ2) is 48.9. The number of carbonyl (C=O) groups excluding carboxylic acids is 3. The SMILES string of the molecule is CCCCCCCCCCCCCC(=O)OC[C@H](COC(=O)CCCCCCCCCCCCCCCCCCCCC(C)C)OC(=O)CCCCCCCCCCC(C)CC. The van der Waals surface area contributed by atoms with Crippen molar-refractivity contribution in [1.29, 1.82) is 0 Å². The Balaban J connectivity index is 4.21. The summed E-state index contributed by atoms with van der Waals surface area (Å²) in [4.78, 5) is 38.0. The smallest absolute Gasteiger partial charge is 0.306 e. The summed E-state index contributed by atoms with van der Waals surface area (Å²) in [5.41, 5.74) is 0. The zero-order chi connectivity index (χ0) is 45.4. The van der Waals surface area contributed by atoms with Crippen molar-refractivity contribution in [1.82, 2.24) is 0 Å². The molecule has 1 unspecified atom stereocenters. The van der Waals surface area contributed by atoms with Crippen LogP contribution in [0.1, 0.15) is 311 Å². The van der Waals surface area contributed by atoms with Gasteiger partial charge in [-0.15, -0.1) is 0 Å². The fraction of sp³-hybridized carbons (Fsp3) is 0.946. The van der Waals surface area contributed by atoms with Crippen molar-refractivity contribution in [3.63, 3.8) is 0 Å². The molecule has 2 atom stereocenters. The first-order valence-electron chi connectivity index (χ1n) is 27.8. The molecule has 6 heteroatoms. The van der Waals surface area contributed by atoms with Crippen LogP contribution >= 0.6 is 0 Å². The summed E-state index contributed by atoms with van der Waals surface area (Å²) in [6, 6.07) is 0. The molecule has 0 fully saturated rings. The normalized spacial score (nSPS) is 12.5. The lowest BCUT2D eigenvalue weighted by molar-refractivity contribution is -0.167. The van der Waals surface area contributed by atoms with Gasteiger partial charge in [0.05, 0.1) is 0 Å². The van der Waals surface area contributed by atoms with E-state index in [4.69, 9.17) is 14.2 Å². The third-order valence-electron chi connectivity index (χ3n) is 13.1. The molecular formula is C56H108O6. The quantitative estimate of drug-likeness (QED) is 0.0344. The Hall–Kier alpha value is -1.59. The van der Waals surface area contributed by atoms with Gasteiger partial charge in [0.25, 0.3) is 0 Å². The first kappa shape index (κ1) is 60.4. The molecule has 0 aromatic heterocycles. The summed E-state index contributed by atoms with van der Waals surface area (Å²) >= 11 is 0. The van der Waals surface area contributed by atoms with Crippen molar-refractivity contribution in [2.45, 2.75) is 317 Å². The Morgan fingerprint density at radius 3 is 0.919 bits per heavy atom.